The monoisotopic (exact) mass is 258 g/mol. The summed E-state index contributed by atoms with van der Waals surface area (Å²) in [7, 11) is 1.84. The summed E-state index contributed by atoms with van der Waals surface area (Å²) in [4.78, 5) is 11.9. The topological polar surface area (TPSA) is 59.0 Å². The van der Waals surface area contributed by atoms with Crippen LogP contribution in [-0.4, -0.2) is 15.8 Å². The van der Waals surface area contributed by atoms with Crippen molar-refractivity contribution in [2.75, 3.05) is 10.6 Å². The van der Waals surface area contributed by atoms with Crippen LogP contribution in [0.3, 0.4) is 0 Å². The maximum absolute atomic E-state index is 11.9. The van der Waals surface area contributed by atoms with E-state index in [-0.39, 0.29) is 6.03 Å². The van der Waals surface area contributed by atoms with E-state index >= 15 is 0 Å². The van der Waals surface area contributed by atoms with Crippen LogP contribution in [0.1, 0.15) is 18.2 Å². The number of anilines is 2. The van der Waals surface area contributed by atoms with Gasteiger partial charge in [-0.05, 0) is 25.0 Å². The maximum Gasteiger partial charge on any atom is 0.324 e. The SMILES string of the molecule is CCc1ccccc1NC(=O)Nc1cc(C)n(C)n1. The number of rotatable bonds is 3. The van der Waals surface area contributed by atoms with Gasteiger partial charge in [-0.15, -0.1) is 0 Å². The number of nitrogens with zero attached hydrogens (tertiary/aromatic N) is 2. The molecule has 2 rings (SSSR count). The van der Waals surface area contributed by atoms with Gasteiger partial charge in [0.2, 0.25) is 0 Å². The third-order valence-corrected chi connectivity index (χ3v) is 3.00. The number of hydrogen-bond donors (Lipinski definition) is 2. The standard InChI is InChI=1S/C14H18N4O/c1-4-11-7-5-6-8-12(11)15-14(19)16-13-9-10(2)18(3)17-13/h5-9H,4H2,1-3H3,(H2,15,16,17,19). The molecule has 0 fully saturated rings. The fourth-order valence-corrected chi connectivity index (χ4v) is 1.84. The summed E-state index contributed by atoms with van der Waals surface area (Å²) in [6.07, 6.45) is 0.874. The number of amides is 2. The van der Waals surface area contributed by atoms with Crippen molar-refractivity contribution in [2.45, 2.75) is 20.3 Å². The molecule has 5 nitrogen and oxygen atoms in total. The Morgan fingerprint density at radius 1 is 1.32 bits per heavy atom. The van der Waals surface area contributed by atoms with Crippen molar-refractivity contribution < 1.29 is 4.79 Å². The van der Waals surface area contributed by atoms with Crippen LogP contribution in [0, 0.1) is 6.92 Å². The number of urea groups is 1. The van der Waals surface area contributed by atoms with Gasteiger partial charge in [-0.1, -0.05) is 25.1 Å². The average molecular weight is 258 g/mol. The summed E-state index contributed by atoms with van der Waals surface area (Å²) < 4.78 is 1.72. The van der Waals surface area contributed by atoms with Gasteiger partial charge in [0, 0.05) is 24.5 Å². The summed E-state index contributed by atoms with van der Waals surface area (Å²) in [5.74, 6) is 0.548. The molecule has 100 valence electrons. The minimum absolute atomic E-state index is 0.279. The Balaban J connectivity index is 2.05. The van der Waals surface area contributed by atoms with Crippen molar-refractivity contribution in [2.24, 2.45) is 7.05 Å². The van der Waals surface area contributed by atoms with Gasteiger partial charge in [-0.3, -0.25) is 10.00 Å². The minimum Gasteiger partial charge on any atom is -0.307 e. The van der Waals surface area contributed by atoms with Crippen LogP contribution < -0.4 is 10.6 Å². The van der Waals surface area contributed by atoms with Crippen LogP contribution in [0.4, 0.5) is 16.3 Å². The summed E-state index contributed by atoms with van der Waals surface area (Å²) >= 11 is 0. The lowest BCUT2D eigenvalue weighted by Gasteiger charge is -2.09. The molecule has 0 radical (unpaired) electrons. The van der Waals surface area contributed by atoms with Gasteiger partial charge < -0.3 is 5.32 Å². The molecule has 0 saturated carbocycles. The molecule has 0 bridgehead atoms. The number of nitrogens with one attached hydrogen (secondary N) is 2. The zero-order valence-electron chi connectivity index (χ0n) is 11.4. The Bertz CT molecular complexity index is 569. The minimum atomic E-state index is -0.279. The summed E-state index contributed by atoms with van der Waals surface area (Å²) in [5.41, 5.74) is 2.93. The highest BCUT2D eigenvalue weighted by Gasteiger charge is 2.08. The molecule has 2 aromatic rings. The van der Waals surface area contributed by atoms with Crippen molar-refractivity contribution in [1.29, 1.82) is 0 Å². The summed E-state index contributed by atoms with van der Waals surface area (Å²) in [6.45, 7) is 3.99. The number of para-hydroxylation sites is 1. The molecule has 1 aromatic carbocycles. The van der Waals surface area contributed by atoms with E-state index < -0.39 is 0 Å². The summed E-state index contributed by atoms with van der Waals surface area (Å²) in [6, 6.07) is 9.30. The number of aromatic nitrogens is 2. The molecule has 1 heterocycles. The normalized spacial score (nSPS) is 10.3. The van der Waals surface area contributed by atoms with Crippen LogP contribution in [0.25, 0.3) is 0 Å². The fourth-order valence-electron chi connectivity index (χ4n) is 1.84. The number of carbonyl (C=O) groups is 1. The smallest absolute Gasteiger partial charge is 0.307 e. The summed E-state index contributed by atoms with van der Waals surface area (Å²) in [5, 5.41) is 9.74. The van der Waals surface area contributed by atoms with Crippen LogP contribution >= 0.6 is 0 Å². The van der Waals surface area contributed by atoms with Crippen molar-refractivity contribution in [3.05, 3.63) is 41.6 Å². The third kappa shape index (κ3) is 3.13. The molecule has 0 aliphatic heterocycles. The molecule has 19 heavy (non-hydrogen) atoms. The molecule has 2 N–H and O–H groups in total. The van der Waals surface area contributed by atoms with Gasteiger partial charge in [0.15, 0.2) is 5.82 Å². The van der Waals surface area contributed by atoms with E-state index in [0.29, 0.717) is 5.82 Å². The molecule has 1 aromatic heterocycles. The maximum atomic E-state index is 11.9. The largest absolute Gasteiger partial charge is 0.324 e. The highest BCUT2D eigenvalue weighted by molar-refractivity contribution is 5.99. The first-order chi connectivity index (χ1) is 9.10. The lowest BCUT2D eigenvalue weighted by atomic mass is 10.1. The highest BCUT2D eigenvalue weighted by atomic mass is 16.2. The first kappa shape index (κ1) is 13.1. The van der Waals surface area contributed by atoms with Crippen LogP contribution in [0.5, 0.6) is 0 Å². The number of hydrogen-bond acceptors (Lipinski definition) is 2. The second kappa shape index (κ2) is 5.56. The van der Waals surface area contributed by atoms with Gasteiger partial charge in [0.1, 0.15) is 0 Å². The molecular weight excluding hydrogens is 240 g/mol. The van der Waals surface area contributed by atoms with Gasteiger partial charge in [0.25, 0.3) is 0 Å². The molecule has 0 spiro atoms. The first-order valence-corrected chi connectivity index (χ1v) is 6.26. The lowest BCUT2D eigenvalue weighted by molar-refractivity contribution is 0.262. The zero-order chi connectivity index (χ0) is 13.8. The van der Waals surface area contributed by atoms with Crippen LogP contribution in [0.2, 0.25) is 0 Å². The van der Waals surface area contributed by atoms with E-state index in [2.05, 4.69) is 22.7 Å². The van der Waals surface area contributed by atoms with Gasteiger partial charge in [0.05, 0.1) is 0 Å². The molecule has 0 atom stereocenters. The van der Waals surface area contributed by atoms with E-state index in [9.17, 15) is 4.79 Å². The van der Waals surface area contributed by atoms with E-state index in [0.717, 1.165) is 23.4 Å². The molecule has 0 saturated heterocycles. The van der Waals surface area contributed by atoms with E-state index in [1.807, 2.05) is 44.3 Å². The van der Waals surface area contributed by atoms with Gasteiger partial charge in [-0.25, -0.2) is 4.79 Å². The zero-order valence-corrected chi connectivity index (χ0v) is 11.4. The molecule has 0 unspecified atom stereocenters. The lowest BCUT2D eigenvalue weighted by Crippen LogP contribution is -2.20. The Hall–Kier alpha value is -2.30. The fraction of sp³-hybridized carbons (Fsp3) is 0.286. The van der Waals surface area contributed by atoms with E-state index in [4.69, 9.17) is 0 Å². The van der Waals surface area contributed by atoms with Gasteiger partial charge >= 0.3 is 6.03 Å². The van der Waals surface area contributed by atoms with E-state index in [1.165, 1.54) is 0 Å². The Kier molecular flexibility index (Phi) is 3.85. The van der Waals surface area contributed by atoms with Crippen molar-refractivity contribution in [3.63, 3.8) is 0 Å². The second-order valence-corrected chi connectivity index (χ2v) is 4.38. The number of carbonyl (C=O) groups excluding carboxylic acids is 1. The molecule has 0 aliphatic carbocycles. The molecule has 2 amide bonds. The average Bonchev–Trinajstić information content (AvgIpc) is 2.68. The van der Waals surface area contributed by atoms with Crippen molar-refractivity contribution in [1.82, 2.24) is 9.78 Å². The van der Waals surface area contributed by atoms with Crippen LogP contribution in [0.15, 0.2) is 30.3 Å². The third-order valence-electron chi connectivity index (χ3n) is 3.00. The molecule has 5 heteroatoms. The number of aryl methyl sites for hydroxylation is 3. The predicted molar refractivity (Wildman–Crippen MR) is 76.4 cm³/mol. The first-order valence-electron chi connectivity index (χ1n) is 6.26. The van der Waals surface area contributed by atoms with Crippen molar-refractivity contribution >= 4 is 17.5 Å². The molecular formula is C14H18N4O. The predicted octanol–water partition coefficient (Wildman–Crippen LogP) is 2.93. The van der Waals surface area contributed by atoms with E-state index in [1.54, 1.807) is 4.68 Å². The second-order valence-electron chi connectivity index (χ2n) is 4.38. The Morgan fingerprint density at radius 2 is 2.05 bits per heavy atom. The van der Waals surface area contributed by atoms with Gasteiger partial charge in [-0.2, -0.15) is 5.10 Å². The molecule has 0 aliphatic rings. The highest BCUT2D eigenvalue weighted by Crippen LogP contribution is 2.16. The van der Waals surface area contributed by atoms with Crippen LogP contribution in [-0.2, 0) is 13.5 Å². The Morgan fingerprint density at radius 3 is 2.68 bits per heavy atom. The van der Waals surface area contributed by atoms with Crippen molar-refractivity contribution in [3.8, 4) is 0 Å². The quantitative estimate of drug-likeness (QED) is 0.889. The Labute approximate surface area is 112 Å². The number of benzene rings is 1.